The van der Waals surface area contributed by atoms with Crippen LogP contribution in [-0.4, -0.2) is 50.7 Å². The van der Waals surface area contributed by atoms with Gasteiger partial charge in [0.25, 0.3) is 5.91 Å². The van der Waals surface area contributed by atoms with Gasteiger partial charge in [0, 0.05) is 18.7 Å². The Labute approximate surface area is 140 Å². The van der Waals surface area contributed by atoms with Crippen LogP contribution in [0.15, 0.2) is 18.2 Å². The molecule has 0 aliphatic carbocycles. The third kappa shape index (κ3) is 4.94. The summed E-state index contributed by atoms with van der Waals surface area (Å²) in [5.41, 5.74) is 0.303. The highest BCUT2D eigenvalue weighted by Gasteiger charge is 2.24. The monoisotopic (exact) mass is 350 g/mol. The Morgan fingerprint density at radius 2 is 1.96 bits per heavy atom. The molecule has 1 aliphatic heterocycles. The molecule has 0 atom stereocenters. The Morgan fingerprint density at radius 1 is 1.30 bits per heavy atom. The van der Waals surface area contributed by atoms with Crippen LogP contribution in [-0.2, 0) is 0 Å². The molecule has 0 aromatic heterocycles. The number of hydrogen-bond acceptors (Lipinski definition) is 4. The van der Waals surface area contributed by atoms with E-state index < -0.39 is 6.61 Å². The molecule has 0 bridgehead atoms. The van der Waals surface area contributed by atoms with Gasteiger partial charge in [0.05, 0.1) is 7.11 Å². The second-order valence-corrected chi connectivity index (χ2v) is 5.14. The minimum Gasteiger partial charge on any atom is -0.493 e. The predicted octanol–water partition coefficient (Wildman–Crippen LogP) is 2.54. The number of ether oxygens (including phenoxy) is 2. The molecule has 1 aromatic rings. The largest absolute Gasteiger partial charge is 0.493 e. The maximum atomic E-state index is 12.5. The second-order valence-electron chi connectivity index (χ2n) is 5.14. The highest BCUT2D eigenvalue weighted by molar-refractivity contribution is 5.95. The van der Waals surface area contributed by atoms with E-state index in [2.05, 4.69) is 10.1 Å². The molecule has 130 valence electrons. The number of piperidine rings is 1. The van der Waals surface area contributed by atoms with Crippen molar-refractivity contribution in [3.8, 4) is 11.5 Å². The van der Waals surface area contributed by atoms with Gasteiger partial charge in [-0.25, -0.2) is 0 Å². The molecule has 23 heavy (non-hydrogen) atoms. The highest BCUT2D eigenvalue weighted by Crippen LogP contribution is 2.30. The zero-order valence-electron chi connectivity index (χ0n) is 13.1. The summed E-state index contributed by atoms with van der Waals surface area (Å²) < 4.78 is 34.3. The summed E-state index contributed by atoms with van der Waals surface area (Å²) in [7, 11) is 3.09. The molecular formula is C15H21ClF2N2O3. The van der Waals surface area contributed by atoms with E-state index in [1.165, 1.54) is 19.2 Å². The normalized spacial score (nSPS) is 15.0. The number of nitrogens with zero attached hydrogens (tertiary/aromatic N) is 1. The van der Waals surface area contributed by atoms with Crippen molar-refractivity contribution in [1.29, 1.82) is 0 Å². The summed E-state index contributed by atoms with van der Waals surface area (Å²) in [6.07, 6.45) is 1.75. The smallest absolute Gasteiger partial charge is 0.387 e. The zero-order valence-corrected chi connectivity index (χ0v) is 13.9. The first-order valence-electron chi connectivity index (χ1n) is 7.13. The molecule has 0 saturated carbocycles. The molecular weight excluding hydrogens is 330 g/mol. The first kappa shape index (κ1) is 19.4. The molecule has 1 aliphatic rings. The van der Waals surface area contributed by atoms with Crippen molar-refractivity contribution < 1.29 is 23.0 Å². The van der Waals surface area contributed by atoms with Crippen LogP contribution < -0.4 is 14.8 Å². The van der Waals surface area contributed by atoms with Crippen molar-refractivity contribution in [2.24, 2.45) is 0 Å². The Kier molecular flexibility index (Phi) is 7.51. The van der Waals surface area contributed by atoms with E-state index in [9.17, 15) is 13.6 Å². The number of methoxy groups -OCH3 is 1. The van der Waals surface area contributed by atoms with Crippen LogP contribution in [0.4, 0.5) is 8.78 Å². The number of nitrogens with one attached hydrogen (secondary N) is 1. The van der Waals surface area contributed by atoms with Crippen molar-refractivity contribution in [1.82, 2.24) is 10.2 Å². The summed E-state index contributed by atoms with van der Waals surface area (Å²) in [5.74, 6) is -0.183. The number of hydrogen-bond donors (Lipinski definition) is 1. The lowest BCUT2D eigenvalue weighted by molar-refractivity contribution is -0.0512. The molecule has 1 heterocycles. The molecule has 0 spiro atoms. The summed E-state index contributed by atoms with van der Waals surface area (Å²) in [5, 5.41) is 3.24. The lowest BCUT2D eigenvalue weighted by atomic mass is 10.0. The highest BCUT2D eigenvalue weighted by atomic mass is 35.5. The van der Waals surface area contributed by atoms with Crippen molar-refractivity contribution in [2.75, 3.05) is 27.2 Å². The van der Waals surface area contributed by atoms with Gasteiger partial charge in [0.2, 0.25) is 0 Å². The van der Waals surface area contributed by atoms with Crippen LogP contribution in [0.5, 0.6) is 11.5 Å². The minimum absolute atomic E-state index is 0. The van der Waals surface area contributed by atoms with E-state index in [0.29, 0.717) is 5.56 Å². The van der Waals surface area contributed by atoms with Gasteiger partial charge in [0.15, 0.2) is 11.5 Å². The molecule has 1 fully saturated rings. The van der Waals surface area contributed by atoms with Crippen LogP contribution in [0.1, 0.15) is 23.2 Å². The number of carbonyl (C=O) groups is 1. The number of halogens is 3. The van der Waals surface area contributed by atoms with Gasteiger partial charge in [0.1, 0.15) is 0 Å². The number of rotatable bonds is 5. The Hall–Kier alpha value is -1.60. The third-order valence-electron chi connectivity index (χ3n) is 3.80. The van der Waals surface area contributed by atoms with Gasteiger partial charge in [-0.05, 0) is 44.1 Å². The van der Waals surface area contributed by atoms with Crippen molar-refractivity contribution in [2.45, 2.75) is 25.5 Å². The number of alkyl halides is 2. The van der Waals surface area contributed by atoms with Gasteiger partial charge in [-0.3, -0.25) is 4.79 Å². The Bertz CT molecular complexity index is 525. The summed E-state index contributed by atoms with van der Waals surface area (Å²) in [6, 6.07) is 4.46. The number of benzene rings is 1. The van der Waals surface area contributed by atoms with Crippen LogP contribution in [0.25, 0.3) is 0 Å². The van der Waals surface area contributed by atoms with Gasteiger partial charge in [-0.1, -0.05) is 0 Å². The Balaban J connectivity index is 0.00000264. The fourth-order valence-corrected chi connectivity index (χ4v) is 2.56. The molecule has 8 heteroatoms. The first-order chi connectivity index (χ1) is 10.5. The first-order valence-corrected chi connectivity index (χ1v) is 7.13. The van der Waals surface area contributed by atoms with E-state index in [1.807, 2.05) is 0 Å². The van der Waals surface area contributed by atoms with Gasteiger partial charge in [-0.15, -0.1) is 12.4 Å². The van der Waals surface area contributed by atoms with E-state index in [-0.39, 0.29) is 35.9 Å². The van der Waals surface area contributed by atoms with Crippen LogP contribution in [0.2, 0.25) is 0 Å². The Morgan fingerprint density at radius 3 is 2.52 bits per heavy atom. The number of carbonyl (C=O) groups excluding carboxylic acids is 1. The average Bonchev–Trinajstić information content (AvgIpc) is 2.53. The van der Waals surface area contributed by atoms with Gasteiger partial charge < -0.3 is 19.7 Å². The predicted molar refractivity (Wildman–Crippen MR) is 84.9 cm³/mol. The molecule has 1 saturated heterocycles. The van der Waals surface area contributed by atoms with E-state index in [1.54, 1.807) is 18.0 Å². The standard InChI is InChI=1S/C15H20F2N2O3.ClH/c1-19(11-5-7-18-8-6-11)14(20)10-3-4-12(21-2)13(9-10)22-15(16)17;/h3-4,9,11,15,18H,5-8H2,1-2H3;1H. The lowest BCUT2D eigenvalue weighted by Crippen LogP contribution is -2.43. The third-order valence-corrected chi connectivity index (χ3v) is 3.80. The van der Waals surface area contributed by atoms with Crippen LogP contribution in [0, 0.1) is 0 Å². The maximum Gasteiger partial charge on any atom is 0.387 e. The molecule has 1 aromatic carbocycles. The van der Waals surface area contributed by atoms with Crippen molar-refractivity contribution in [3.05, 3.63) is 23.8 Å². The van der Waals surface area contributed by atoms with Crippen molar-refractivity contribution >= 4 is 18.3 Å². The van der Waals surface area contributed by atoms with Crippen molar-refractivity contribution in [3.63, 3.8) is 0 Å². The maximum absolute atomic E-state index is 12.5. The SMILES string of the molecule is COc1ccc(C(=O)N(C)C2CCNCC2)cc1OC(F)F.Cl. The lowest BCUT2D eigenvalue weighted by Gasteiger charge is -2.31. The van der Waals surface area contributed by atoms with Gasteiger partial charge >= 0.3 is 6.61 Å². The van der Waals surface area contributed by atoms with E-state index in [4.69, 9.17) is 4.74 Å². The molecule has 2 rings (SSSR count). The molecule has 1 N–H and O–H groups in total. The van der Waals surface area contributed by atoms with Crippen LogP contribution >= 0.6 is 12.4 Å². The second kappa shape index (κ2) is 8.88. The molecule has 0 radical (unpaired) electrons. The fourth-order valence-electron chi connectivity index (χ4n) is 2.56. The summed E-state index contributed by atoms with van der Waals surface area (Å²) >= 11 is 0. The zero-order chi connectivity index (χ0) is 16.1. The average molecular weight is 351 g/mol. The van der Waals surface area contributed by atoms with E-state index in [0.717, 1.165) is 25.9 Å². The minimum atomic E-state index is -2.97. The number of amides is 1. The summed E-state index contributed by atoms with van der Waals surface area (Å²) in [6.45, 7) is -1.24. The summed E-state index contributed by atoms with van der Waals surface area (Å²) in [4.78, 5) is 14.2. The van der Waals surface area contributed by atoms with E-state index >= 15 is 0 Å². The quantitative estimate of drug-likeness (QED) is 0.886. The fraction of sp³-hybridized carbons (Fsp3) is 0.533. The van der Waals surface area contributed by atoms with Crippen LogP contribution in [0.3, 0.4) is 0 Å². The molecule has 5 nitrogen and oxygen atoms in total. The molecule has 1 amide bonds. The van der Waals surface area contributed by atoms with Gasteiger partial charge in [-0.2, -0.15) is 8.78 Å². The topological polar surface area (TPSA) is 50.8 Å². The molecule has 0 unspecified atom stereocenters.